The number of fused-ring (bicyclic) bond motifs is 2. The number of nitrogen functional groups attached to an aromatic ring is 1. The largest absolute Gasteiger partial charge is 0.414 e. The number of anilines is 1. The van der Waals surface area contributed by atoms with Gasteiger partial charge in [0, 0.05) is 40.2 Å². The molecule has 49 heavy (non-hydrogen) atoms. The minimum atomic E-state index is -0.831. The first-order valence-electron chi connectivity index (χ1n) is 16.2. The van der Waals surface area contributed by atoms with Crippen LogP contribution in [0.2, 0.25) is 0 Å². The van der Waals surface area contributed by atoms with Gasteiger partial charge in [0.2, 0.25) is 11.8 Å². The molecular weight excluding hydrogens is 645 g/mol. The van der Waals surface area contributed by atoms with E-state index >= 15 is 0 Å². The van der Waals surface area contributed by atoms with Crippen molar-refractivity contribution in [3.63, 3.8) is 0 Å². The van der Waals surface area contributed by atoms with Crippen molar-refractivity contribution in [2.45, 2.75) is 45.1 Å². The summed E-state index contributed by atoms with van der Waals surface area (Å²) in [5.74, 6) is -0.0658. The number of para-hydroxylation sites is 1. The first kappa shape index (κ1) is 33.7. The summed E-state index contributed by atoms with van der Waals surface area (Å²) >= 11 is 1.39. The molecular formula is C35H40N8O5S. The van der Waals surface area contributed by atoms with Gasteiger partial charge in [0.25, 0.3) is 0 Å². The minimum Gasteiger partial charge on any atom is -0.410 e. The van der Waals surface area contributed by atoms with Crippen molar-refractivity contribution in [3.8, 4) is 5.75 Å². The first-order valence-corrected chi connectivity index (χ1v) is 17.0. The Morgan fingerprint density at radius 2 is 1.78 bits per heavy atom. The summed E-state index contributed by atoms with van der Waals surface area (Å²) in [5, 5.41) is 6.85. The Labute approximate surface area is 288 Å². The summed E-state index contributed by atoms with van der Waals surface area (Å²) in [6.45, 7) is 3.12. The lowest BCUT2D eigenvalue weighted by atomic mass is 9.99. The molecule has 2 aliphatic rings. The number of carbonyl (C=O) groups excluding carboxylic acids is 4. The van der Waals surface area contributed by atoms with Crippen LogP contribution in [0.25, 0.3) is 10.2 Å². The van der Waals surface area contributed by atoms with Gasteiger partial charge in [-0.15, -0.1) is 0 Å². The van der Waals surface area contributed by atoms with Gasteiger partial charge in [-0.3, -0.25) is 14.6 Å². The standard InChI is InChI=1S/C35H40N8O5S/c1-4-17-41(34(46)37-19-24-9-6-5-7-10-24)42-22-30(44)43-27(18-23-13-15-26(16-14-23)48-35(47)39(2)3)32(45)40(21-29(42)43)20-25-11-8-12-28-31(25)38-33(36)49-28/h5-16,27,29H,4,17-22H2,1-3H3,(H2,36,38)(H,37,46)/t27-,29+/m0/s1. The molecule has 0 saturated carbocycles. The highest BCUT2D eigenvalue weighted by molar-refractivity contribution is 7.22. The van der Waals surface area contributed by atoms with Crippen LogP contribution in [0.15, 0.2) is 72.8 Å². The zero-order chi connectivity index (χ0) is 34.7. The zero-order valence-electron chi connectivity index (χ0n) is 27.7. The molecule has 256 valence electrons. The molecule has 2 fully saturated rings. The van der Waals surface area contributed by atoms with Crippen molar-refractivity contribution in [2.24, 2.45) is 0 Å². The Morgan fingerprint density at radius 1 is 1.02 bits per heavy atom. The maximum Gasteiger partial charge on any atom is 0.414 e. The fourth-order valence-corrected chi connectivity index (χ4v) is 7.06. The normalized spacial score (nSPS) is 17.7. The van der Waals surface area contributed by atoms with Crippen LogP contribution >= 0.6 is 11.3 Å². The molecule has 2 atom stereocenters. The molecule has 6 rings (SSSR count). The number of piperazine rings is 1. The molecule has 1 aromatic heterocycles. The number of hydrogen-bond acceptors (Lipinski definition) is 9. The second-order valence-electron chi connectivity index (χ2n) is 12.3. The lowest BCUT2D eigenvalue weighted by Gasteiger charge is -2.46. The molecule has 13 nitrogen and oxygen atoms in total. The van der Waals surface area contributed by atoms with Gasteiger partial charge in [-0.25, -0.2) is 14.6 Å². The molecule has 0 radical (unpaired) electrons. The zero-order valence-corrected chi connectivity index (χ0v) is 28.6. The minimum absolute atomic E-state index is 0.0430. The number of rotatable bonds is 10. The van der Waals surface area contributed by atoms with Crippen LogP contribution in [0.1, 0.15) is 30.0 Å². The Bertz CT molecular complexity index is 1830. The summed E-state index contributed by atoms with van der Waals surface area (Å²) in [6, 6.07) is 21.2. The van der Waals surface area contributed by atoms with Crippen LogP contribution in [0.5, 0.6) is 5.75 Å². The average molecular weight is 685 g/mol. The molecule has 2 aliphatic heterocycles. The fourth-order valence-electron chi connectivity index (χ4n) is 6.28. The number of carbonyl (C=O) groups is 4. The van der Waals surface area contributed by atoms with Gasteiger partial charge in [-0.05, 0) is 41.3 Å². The lowest BCUT2D eigenvalue weighted by molar-refractivity contribution is -0.157. The molecule has 14 heteroatoms. The molecule has 3 N–H and O–H groups in total. The van der Waals surface area contributed by atoms with Crippen molar-refractivity contribution in [3.05, 3.63) is 89.5 Å². The van der Waals surface area contributed by atoms with Crippen LogP contribution < -0.4 is 15.8 Å². The van der Waals surface area contributed by atoms with E-state index in [4.69, 9.17) is 10.5 Å². The summed E-state index contributed by atoms with van der Waals surface area (Å²) in [6.07, 6.45) is -0.183. The summed E-state index contributed by atoms with van der Waals surface area (Å²) < 4.78 is 6.29. The van der Waals surface area contributed by atoms with Crippen molar-refractivity contribution < 1.29 is 23.9 Å². The lowest BCUT2D eigenvalue weighted by Crippen LogP contribution is -2.66. The number of nitrogens with two attached hydrogens (primary N) is 1. The first-order chi connectivity index (χ1) is 23.6. The highest BCUT2D eigenvalue weighted by Crippen LogP contribution is 2.32. The van der Waals surface area contributed by atoms with E-state index in [-0.39, 0.29) is 43.9 Å². The van der Waals surface area contributed by atoms with Gasteiger partial charge in [0.15, 0.2) is 5.13 Å². The van der Waals surface area contributed by atoms with Crippen LogP contribution in [0.3, 0.4) is 0 Å². The summed E-state index contributed by atoms with van der Waals surface area (Å²) in [4.78, 5) is 63.2. The number of nitrogens with one attached hydrogen (secondary N) is 1. The Hall–Kier alpha value is -5.21. The van der Waals surface area contributed by atoms with Crippen molar-refractivity contribution in [1.29, 1.82) is 0 Å². The Kier molecular flexibility index (Phi) is 9.97. The quantitative estimate of drug-likeness (QED) is 0.256. The van der Waals surface area contributed by atoms with Gasteiger partial charge in [-0.2, -0.15) is 5.01 Å². The number of nitrogens with zero attached hydrogens (tertiary/aromatic N) is 6. The molecule has 3 heterocycles. The van der Waals surface area contributed by atoms with E-state index in [1.807, 2.05) is 55.5 Å². The topological polar surface area (TPSA) is 145 Å². The van der Waals surface area contributed by atoms with E-state index in [1.54, 1.807) is 58.2 Å². The highest BCUT2D eigenvalue weighted by Gasteiger charge is 2.52. The number of amides is 5. The van der Waals surface area contributed by atoms with Crippen LogP contribution in [0, 0.1) is 0 Å². The van der Waals surface area contributed by atoms with E-state index in [9.17, 15) is 19.2 Å². The molecule has 0 aliphatic carbocycles. The van der Waals surface area contributed by atoms with Gasteiger partial charge in [0.05, 0.1) is 23.3 Å². The van der Waals surface area contributed by atoms with E-state index in [0.717, 1.165) is 26.9 Å². The SMILES string of the molecule is CCCN(C(=O)NCc1ccccc1)N1CC(=O)N2[C@@H](Cc3ccc(OC(=O)N(C)C)cc3)C(=O)N(Cc3cccc4sc(N)nc34)C[C@@H]21. The monoisotopic (exact) mass is 684 g/mol. The smallest absolute Gasteiger partial charge is 0.410 e. The molecule has 4 aromatic rings. The molecule has 0 spiro atoms. The second-order valence-corrected chi connectivity index (χ2v) is 13.4. The maximum absolute atomic E-state index is 14.3. The van der Waals surface area contributed by atoms with E-state index < -0.39 is 18.3 Å². The fraction of sp³-hybridized carbons (Fsp3) is 0.343. The number of thiazole rings is 1. The number of urea groups is 1. The molecule has 3 aromatic carbocycles. The third-order valence-electron chi connectivity index (χ3n) is 8.64. The van der Waals surface area contributed by atoms with Gasteiger partial charge >= 0.3 is 12.1 Å². The van der Waals surface area contributed by atoms with Crippen LogP contribution in [0.4, 0.5) is 14.7 Å². The van der Waals surface area contributed by atoms with Gasteiger partial charge in [-0.1, -0.05) is 72.9 Å². The number of hydrazine groups is 1. The predicted molar refractivity (Wildman–Crippen MR) is 186 cm³/mol. The molecule has 0 bridgehead atoms. The van der Waals surface area contributed by atoms with E-state index in [0.29, 0.717) is 30.4 Å². The third-order valence-corrected chi connectivity index (χ3v) is 9.49. The Balaban J connectivity index is 1.30. The molecule has 5 amide bonds. The van der Waals surface area contributed by atoms with E-state index in [1.165, 1.54) is 16.2 Å². The van der Waals surface area contributed by atoms with Crippen molar-refractivity contribution >= 4 is 50.6 Å². The molecule has 0 unspecified atom stereocenters. The van der Waals surface area contributed by atoms with E-state index in [2.05, 4.69) is 10.3 Å². The summed E-state index contributed by atoms with van der Waals surface area (Å²) in [7, 11) is 3.20. The number of aromatic nitrogens is 1. The van der Waals surface area contributed by atoms with Gasteiger partial charge < -0.3 is 30.5 Å². The highest BCUT2D eigenvalue weighted by atomic mass is 32.1. The van der Waals surface area contributed by atoms with Crippen LogP contribution in [-0.4, -0.2) is 99.6 Å². The second kappa shape index (κ2) is 14.5. The van der Waals surface area contributed by atoms with Crippen molar-refractivity contribution in [1.82, 2.24) is 35.0 Å². The number of hydrogen-bond donors (Lipinski definition) is 2. The number of benzene rings is 3. The Morgan fingerprint density at radius 3 is 2.49 bits per heavy atom. The maximum atomic E-state index is 14.3. The number of ether oxygens (including phenoxy) is 1. The summed E-state index contributed by atoms with van der Waals surface area (Å²) in [5.41, 5.74) is 9.37. The molecule has 2 saturated heterocycles. The van der Waals surface area contributed by atoms with Gasteiger partial charge in [0.1, 0.15) is 18.0 Å². The van der Waals surface area contributed by atoms with Crippen molar-refractivity contribution in [2.75, 3.05) is 39.5 Å². The van der Waals surface area contributed by atoms with Crippen LogP contribution in [-0.2, 0) is 29.1 Å². The average Bonchev–Trinajstić information content (AvgIpc) is 3.64. The predicted octanol–water partition coefficient (Wildman–Crippen LogP) is 3.90. The third kappa shape index (κ3) is 7.29.